The van der Waals surface area contributed by atoms with Gasteiger partial charge in [-0.05, 0) is 38.0 Å². The smallest absolute Gasteiger partial charge is 0.258 e. The number of carbonyl (C=O) groups excluding carboxylic acids is 1. The number of aliphatic hydroxyl groups excluding tert-OH is 1. The highest BCUT2D eigenvalue weighted by Gasteiger charge is 2.11. The van der Waals surface area contributed by atoms with Crippen LogP contribution in [0.15, 0.2) is 18.2 Å². The molecule has 0 spiro atoms. The Morgan fingerprint density at radius 2 is 2.05 bits per heavy atom. The Morgan fingerprint density at radius 3 is 2.60 bits per heavy atom. The minimum atomic E-state index is -0.577. The van der Waals surface area contributed by atoms with Crippen molar-refractivity contribution in [2.45, 2.75) is 39.3 Å². The summed E-state index contributed by atoms with van der Waals surface area (Å²) in [6, 6.07) is 5.27. The van der Waals surface area contributed by atoms with Gasteiger partial charge in [0.25, 0.3) is 5.91 Å². The molecule has 0 aliphatic rings. The maximum Gasteiger partial charge on any atom is 0.258 e. The molecule has 1 rings (SSSR count). The first-order valence-corrected chi connectivity index (χ1v) is 6.76. The fraction of sp³-hybridized carbons (Fsp3) is 0.533. The second-order valence-electron chi connectivity index (χ2n) is 4.75. The van der Waals surface area contributed by atoms with Crippen LogP contribution >= 0.6 is 0 Å². The molecule has 0 saturated carbocycles. The number of aliphatic hydroxyl groups is 1. The van der Waals surface area contributed by atoms with Gasteiger partial charge in [-0.1, -0.05) is 13.0 Å². The van der Waals surface area contributed by atoms with Crippen molar-refractivity contribution in [3.63, 3.8) is 0 Å². The van der Waals surface area contributed by atoms with Gasteiger partial charge >= 0.3 is 0 Å². The zero-order valence-corrected chi connectivity index (χ0v) is 12.5. The molecule has 0 aromatic heterocycles. The average molecular weight is 281 g/mol. The Morgan fingerprint density at radius 1 is 1.35 bits per heavy atom. The van der Waals surface area contributed by atoms with E-state index >= 15 is 0 Å². The van der Waals surface area contributed by atoms with Crippen molar-refractivity contribution < 1.29 is 19.4 Å². The van der Waals surface area contributed by atoms with Gasteiger partial charge in [0.15, 0.2) is 18.1 Å². The molecule has 2 N–H and O–H groups in total. The lowest BCUT2D eigenvalue weighted by atomic mass is 10.1. The summed E-state index contributed by atoms with van der Waals surface area (Å²) in [6.07, 6.45) is 0.296. The second kappa shape index (κ2) is 7.75. The van der Waals surface area contributed by atoms with E-state index in [1.807, 2.05) is 13.8 Å². The zero-order chi connectivity index (χ0) is 15.1. The topological polar surface area (TPSA) is 67.8 Å². The van der Waals surface area contributed by atoms with Gasteiger partial charge in [-0.3, -0.25) is 4.79 Å². The van der Waals surface area contributed by atoms with Crippen molar-refractivity contribution in [2.24, 2.45) is 0 Å². The summed E-state index contributed by atoms with van der Waals surface area (Å²) in [4.78, 5) is 11.6. The predicted molar refractivity (Wildman–Crippen MR) is 77.0 cm³/mol. The molecule has 20 heavy (non-hydrogen) atoms. The van der Waals surface area contributed by atoms with Gasteiger partial charge in [0, 0.05) is 6.04 Å². The number of rotatable bonds is 7. The van der Waals surface area contributed by atoms with Crippen LogP contribution in [0.3, 0.4) is 0 Å². The van der Waals surface area contributed by atoms with Crippen LogP contribution in [-0.2, 0) is 4.79 Å². The Hall–Kier alpha value is -1.75. The van der Waals surface area contributed by atoms with E-state index in [9.17, 15) is 9.90 Å². The molecule has 1 amide bonds. The number of hydrogen-bond donors (Lipinski definition) is 2. The number of nitrogens with one attached hydrogen (secondary N) is 1. The Kier molecular flexibility index (Phi) is 6.31. The fourth-order valence-corrected chi connectivity index (χ4v) is 1.63. The van der Waals surface area contributed by atoms with Gasteiger partial charge < -0.3 is 19.9 Å². The highest BCUT2D eigenvalue weighted by molar-refractivity contribution is 5.77. The monoisotopic (exact) mass is 281 g/mol. The molecule has 0 aliphatic heterocycles. The molecule has 0 fully saturated rings. The first kappa shape index (κ1) is 16.3. The fourth-order valence-electron chi connectivity index (χ4n) is 1.63. The molecule has 0 radical (unpaired) electrons. The van der Waals surface area contributed by atoms with Gasteiger partial charge in [-0.25, -0.2) is 0 Å². The van der Waals surface area contributed by atoms with Crippen molar-refractivity contribution in [3.05, 3.63) is 23.8 Å². The van der Waals surface area contributed by atoms with Crippen molar-refractivity contribution in [1.82, 2.24) is 5.32 Å². The molecule has 5 heteroatoms. The lowest BCUT2D eigenvalue weighted by Crippen LogP contribution is -2.35. The average Bonchev–Trinajstić information content (AvgIpc) is 2.44. The minimum Gasteiger partial charge on any atom is -0.493 e. The molecule has 0 heterocycles. The lowest BCUT2D eigenvalue weighted by molar-refractivity contribution is -0.123. The summed E-state index contributed by atoms with van der Waals surface area (Å²) < 4.78 is 10.7. The summed E-state index contributed by atoms with van der Waals surface area (Å²) in [5, 5.41) is 12.3. The standard InChI is InChI=1S/C15H23NO4/c1-5-10(2)16-15(18)9-20-13-7-6-12(11(3)17)8-14(13)19-4/h6-8,10-11,17H,5,9H2,1-4H3,(H,16,18). The highest BCUT2D eigenvalue weighted by Crippen LogP contribution is 2.30. The number of methoxy groups -OCH3 is 1. The van der Waals surface area contributed by atoms with Crippen LogP contribution in [-0.4, -0.2) is 30.8 Å². The molecule has 0 saturated heterocycles. The highest BCUT2D eigenvalue weighted by atomic mass is 16.5. The summed E-state index contributed by atoms with van der Waals surface area (Å²) in [5.74, 6) is 0.817. The van der Waals surface area contributed by atoms with E-state index in [0.29, 0.717) is 11.5 Å². The molecule has 5 nitrogen and oxygen atoms in total. The number of benzene rings is 1. The maximum atomic E-state index is 11.6. The number of ether oxygens (including phenoxy) is 2. The number of hydrogen-bond acceptors (Lipinski definition) is 4. The van der Waals surface area contributed by atoms with Crippen LogP contribution in [0.1, 0.15) is 38.9 Å². The SMILES string of the molecule is CCC(C)NC(=O)COc1ccc(C(C)O)cc1OC. The van der Waals surface area contributed by atoms with Gasteiger partial charge in [0.2, 0.25) is 0 Å². The van der Waals surface area contributed by atoms with Crippen molar-refractivity contribution in [2.75, 3.05) is 13.7 Å². The van der Waals surface area contributed by atoms with Crippen LogP contribution in [0.4, 0.5) is 0 Å². The lowest BCUT2D eigenvalue weighted by Gasteiger charge is -2.15. The Labute approximate surface area is 119 Å². The number of carbonyl (C=O) groups is 1. The molecule has 1 aromatic rings. The van der Waals surface area contributed by atoms with Crippen molar-refractivity contribution in [3.8, 4) is 11.5 Å². The van der Waals surface area contributed by atoms with E-state index in [0.717, 1.165) is 12.0 Å². The van der Waals surface area contributed by atoms with E-state index in [4.69, 9.17) is 9.47 Å². The van der Waals surface area contributed by atoms with Gasteiger partial charge in [0.05, 0.1) is 13.2 Å². The van der Waals surface area contributed by atoms with E-state index in [-0.39, 0.29) is 18.6 Å². The van der Waals surface area contributed by atoms with E-state index in [2.05, 4.69) is 5.32 Å². The molecule has 0 bridgehead atoms. The van der Waals surface area contributed by atoms with E-state index < -0.39 is 6.10 Å². The third kappa shape index (κ3) is 4.74. The second-order valence-corrected chi connectivity index (χ2v) is 4.75. The molecular weight excluding hydrogens is 258 g/mol. The maximum absolute atomic E-state index is 11.6. The largest absolute Gasteiger partial charge is 0.493 e. The first-order valence-electron chi connectivity index (χ1n) is 6.76. The predicted octanol–water partition coefficient (Wildman–Crippen LogP) is 2.04. The van der Waals surface area contributed by atoms with Crippen LogP contribution in [0.5, 0.6) is 11.5 Å². The van der Waals surface area contributed by atoms with Gasteiger partial charge in [-0.2, -0.15) is 0 Å². The molecule has 0 aliphatic carbocycles. The first-order chi connectivity index (χ1) is 9.47. The van der Waals surface area contributed by atoms with Crippen molar-refractivity contribution >= 4 is 5.91 Å². The quantitative estimate of drug-likeness (QED) is 0.802. The minimum absolute atomic E-state index is 0.0608. The van der Waals surface area contributed by atoms with E-state index in [1.165, 1.54) is 7.11 Å². The molecule has 112 valence electrons. The van der Waals surface area contributed by atoms with Crippen LogP contribution < -0.4 is 14.8 Å². The molecule has 2 atom stereocenters. The Bertz CT molecular complexity index is 445. The van der Waals surface area contributed by atoms with E-state index in [1.54, 1.807) is 25.1 Å². The summed E-state index contributed by atoms with van der Waals surface area (Å²) >= 11 is 0. The zero-order valence-electron chi connectivity index (χ0n) is 12.5. The summed E-state index contributed by atoms with van der Waals surface area (Å²) in [5.41, 5.74) is 0.734. The van der Waals surface area contributed by atoms with Gasteiger partial charge in [0.1, 0.15) is 0 Å². The Balaban J connectivity index is 2.66. The molecular formula is C15H23NO4. The normalized spacial score (nSPS) is 13.4. The molecule has 2 unspecified atom stereocenters. The third-order valence-electron chi connectivity index (χ3n) is 3.05. The number of amides is 1. The summed E-state index contributed by atoms with van der Waals surface area (Å²) in [6.45, 7) is 5.56. The molecule has 1 aromatic carbocycles. The van der Waals surface area contributed by atoms with Crippen LogP contribution in [0.2, 0.25) is 0 Å². The van der Waals surface area contributed by atoms with Crippen LogP contribution in [0.25, 0.3) is 0 Å². The van der Waals surface area contributed by atoms with Gasteiger partial charge in [-0.15, -0.1) is 0 Å². The summed E-state index contributed by atoms with van der Waals surface area (Å²) in [7, 11) is 1.52. The third-order valence-corrected chi connectivity index (χ3v) is 3.05. The van der Waals surface area contributed by atoms with Crippen LogP contribution in [0, 0.1) is 0 Å². The van der Waals surface area contributed by atoms with Crippen molar-refractivity contribution in [1.29, 1.82) is 0 Å².